The lowest BCUT2D eigenvalue weighted by atomic mass is 9.77. The number of benzene rings is 1. The molecule has 0 saturated carbocycles. The summed E-state index contributed by atoms with van der Waals surface area (Å²) >= 11 is 0. The van der Waals surface area contributed by atoms with E-state index in [9.17, 15) is 19.2 Å². The van der Waals surface area contributed by atoms with Crippen LogP contribution < -0.4 is 5.32 Å². The molecule has 39 heavy (non-hydrogen) atoms. The van der Waals surface area contributed by atoms with Crippen molar-refractivity contribution in [2.24, 2.45) is 5.41 Å². The van der Waals surface area contributed by atoms with Crippen molar-refractivity contribution < 1.29 is 23.9 Å². The fourth-order valence-electron chi connectivity index (χ4n) is 5.64. The molecule has 2 saturated heterocycles. The topological polar surface area (TPSA) is 101 Å². The SMILES string of the molecule is CC(=O)NC(CCC(=O)OC(C)(C)C)C(=O)N1CCC2(CCN(C(=O)c3ccccc3-n3cccc3)CC2)C1. The molecule has 1 spiro atoms. The van der Waals surface area contributed by atoms with Crippen molar-refractivity contribution in [1.82, 2.24) is 19.7 Å². The van der Waals surface area contributed by atoms with Crippen molar-refractivity contribution >= 4 is 23.7 Å². The Morgan fingerprint density at radius 2 is 1.56 bits per heavy atom. The number of hydrogen-bond donors (Lipinski definition) is 1. The van der Waals surface area contributed by atoms with Gasteiger partial charge in [0.1, 0.15) is 11.6 Å². The number of aromatic nitrogens is 1. The van der Waals surface area contributed by atoms with Crippen LogP contribution in [-0.4, -0.2) is 75.9 Å². The highest BCUT2D eigenvalue weighted by molar-refractivity contribution is 5.98. The van der Waals surface area contributed by atoms with Crippen molar-refractivity contribution in [2.45, 2.75) is 71.4 Å². The third-order valence-electron chi connectivity index (χ3n) is 7.61. The molecule has 2 aromatic rings. The summed E-state index contributed by atoms with van der Waals surface area (Å²) < 4.78 is 7.32. The van der Waals surface area contributed by atoms with Gasteiger partial charge in [0, 0.05) is 51.9 Å². The summed E-state index contributed by atoms with van der Waals surface area (Å²) in [5, 5.41) is 2.73. The average molecular weight is 537 g/mol. The number of para-hydroxylation sites is 1. The highest BCUT2D eigenvalue weighted by Gasteiger charge is 2.44. The Bertz CT molecular complexity index is 1190. The van der Waals surface area contributed by atoms with E-state index in [0.29, 0.717) is 31.7 Å². The summed E-state index contributed by atoms with van der Waals surface area (Å²) in [4.78, 5) is 54.6. The van der Waals surface area contributed by atoms with Gasteiger partial charge in [0.15, 0.2) is 0 Å². The van der Waals surface area contributed by atoms with Crippen LogP contribution in [0.1, 0.15) is 70.2 Å². The van der Waals surface area contributed by atoms with Gasteiger partial charge in [0.05, 0.1) is 11.3 Å². The Hall–Kier alpha value is -3.62. The Kier molecular flexibility index (Phi) is 8.47. The van der Waals surface area contributed by atoms with Gasteiger partial charge in [0.2, 0.25) is 11.8 Å². The Labute approximate surface area is 230 Å². The molecule has 210 valence electrons. The van der Waals surface area contributed by atoms with Gasteiger partial charge in [-0.15, -0.1) is 0 Å². The predicted molar refractivity (Wildman–Crippen MR) is 147 cm³/mol. The molecule has 1 N–H and O–H groups in total. The molecule has 1 aromatic heterocycles. The number of esters is 1. The quantitative estimate of drug-likeness (QED) is 0.546. The van der Waals surface area contributed by atoms with Crippen LogP contribution >= 0.6 is 0 Å². The van der Waals surface area contributed by atoms with E-state index >= 15 is 0 Å². The molecule has 1 aromatic carbocycles. The maximum atomic E-state index is 13.5. The van der Waals surface area contributed by atoms with Gasteiger partial charge >= 0.3 is 5.97 Å². The van der Waals surface area contributed by atoms with Crippen molar-refractivity contribution in [3.63, 3.8) is 0 Å². The van der Waals surface area contributed by atoms with E-state index in [2.05, 4.69) is 5.32 Å². The van der Waals surface area contributed by atoms with Crippen LogP contribution in [0.15, 0.2) is 48.8 Å². The molecule has 1 atom stereocenters. The molecule has 0 aliphatic carbocycles. The Morgan fingerprint density at radius 3 is 2.18 bits per heavy atom. The first-order valence-electron chi connectivity index (χ1n) is 13.8. The zero-order valence-electron chi connectivity index (χ0n) is 23.4. The first-order valence-corrected chi connectivity index (χ1v) is 13.8. The second-order valence-electron chi connectivity index (χ2n) is 11.8. The molecule has 2 aliphatic rings. The number of likely N-dealkylation sites (tertiary alicyclic amines) is 2. The van der Waals surface area contributed by atoms with E-state index in [4.69, 9.17) is 4.74 Å². The fraction of sp³-hybridized carbons (Fsp3) is 0.533. The van der Waals surface area contributed by atoms with E-state index < -0.39 is 11.6 Å². The van der Waals surface area contributed by atoms with Crippen molar-refractivity contribution in [1.29, 1.82) is 0 Å². The van der Waals surface area contributed by atoms with E-state index in [0.717, 1.165) is 24.9 Å². The fourth-order valence-corrected chi connectivity index (χ4v) is 5.64. The lowest BCUT2D eigenvalue weighted by Crippen LogP contribution is -2.49. The first-order chi connectivity index (χ1) is 18.5. The van der Waals surface area contributed by atoms with Crippen molar-refractivity contribution in [2.75, 3.05) is 26.2 Å². The summed E-state index contributed by atoms with van der Waals surface area (Å²) in [7, 11) is 0. The minimum atomic E-state index is -0.767. The number of carbonyl (C=O) groups is 4. The van der Waals surface area contributed by atoms with Gasteiger partial charge in [-0.25, -0.2) is 0 Å². The minimum Gasteiger partial charge on any atom is -0.460 e. The molecule has 3 heterocycles. The molecule has 2 aliphatic heterocycles. The highest BCUT2D eigenvalue weighted by atomic mass is 16.6. The summed E-state index contributed by atoms with van der Waals surface area (Å²) in [6.07, 6.45) is 6.61. The lowest BCUT2D eigenvalue weighted by Gasteiger charge is -2.39. The van der Waals surface area contributed by atoms with Crippen LogP contribution in [0.3, 0.4) is 0 Å². The molecule has 0 radical (unpaired) electrons. The Balaban J connectivity index is 1.35. The zero-order chi connectivity index (χ0) is 28.2. The largest absolute Gasteiger partial charge is 0.460 e. The molecule has 2 fully saturated rings. The van der Waals surface area contributed by atoms with Crippen LogP contribution in [0.5, 0.6) is 0 Å². The lowest BCUT2D eigenvalue weighted by molar-refractivity contribution is -0.155. The summed E-state index contributed by atoms with van der Waals surface area (Å²) in [6, 6.07) is 10.8. The molecule has 0 bridgehead atoms. The third kappa shape index (κ3) is 7.07. The standard InChI is InChI=1S/C30H40N4O5/c1-22(35)31-24(11-12-26(36)39-29(2,3)4)28(38)34-20-15-30(21-34)13-18-33(19-14-30)27(37)23-9-5-6-10-25(23)32-16-7-8-17-32/h5-10,16-17,24H,11-15,18-21H2,1-4H3,(H,31,35). The predicted octanol–water partition coefficient (Wildman–Crippen LogP) is 3.56. The van der Waals surface area contributed by atoms with Gasteiger partial charge in [-0.1, -0.05) is 12.1 Å². The van der Waals surface area contributed by atoms with Crippen LogP contribution in [0, 0.1) is 5.41 Å². The van der Waals surface area contributed by atoms with Crippen LogP contribution in [0.2, 0.25) is 0 Å². The summed E-state index contributed by atoms with van der Waals surface area (Å²) in [5.41, 5.74) is 0.891. The van der Waals surface area contributed by atoms with Gasteiger partial charge in [-0.3, -0.25) is 19.2 Å². The number of piperidine rings is 1. The first kappa shape index (κ1) is 28.4. The number of carbonyl (C=O) groups excluding carboxylic acids is 4. The van der Waals surface area contributed by atoms with E-state index in [1.54, 1.807) is 20.8 Å². The Morgan fingerprint density at radius 1 is 0.949 bits per heavy atom. The highest BCUT2D eigenvalue weighted by Crippen LogP contribution is 2.41. The molecule has 1 unspecified atom stereocenters. The molecular formula is C30H40N4O5. The van der Waals surface area contributed by atoms with Crippen molar-refractivity contribution in [3.8, 4) is 5.69 Å². The second kappa shape index (κ2) is 11.6. The van der Waals surface area contributed by atoms with E-state index in [-0.39, 0.29) is 41.9 Å². The van der Waals surface area contributed by atoms with Crippen molar-refractivity contribution in [3.05, 3.63) is 54.4 Å². The summed E-state index contributed by atoms with van der Waals surface area (Å²) in [5.74, 6) is -0.838. The van der Waals surface area contributed by atoms with Crippen LogP contribution in [0.4, 0.5) is 0 Å². The summed E-state index contributed by atoms with van der Waals surface area (Å²) in [6.45, 7) is 9.23. The van der Waals surface area contributed by atoms with Gasteiger partial charge in [-0.2, -0.15) is 0 Å². The van der Waals surface area contributed by atoms with Gasteiger partial charge < -0.3 is 24.4 Å². The molecule has 9 heteroatoms. The second-order valence-corrected chi connectivity index (χ2v) is 11.8. The number of nitrogens with zero attached hydrogens (tertiary/aromatic N) is 3. The van der Waals surface area contributed by atoms with E-state index in [1.807, 2.05) is 63.2 Å². The van der Waals surface area contributed by atoms with Gasteiger partial charge in [0.25, 0.3) is 5.91 Å². The van der Waals surface area contributed by atoms with E-state index in [1.165, 1.54) is 6.92 Å². The van der Waals surface area contributed by atoms with Crippen LogP contribution in [0.25, 0.3) is 5.69 Å². The normalized spacial score (nSPS) is 17.6. The number of rotatable bonds is 7. The molecule has 9 nitrogen and oxygen atoms in total. The smallest absolute Gasteiger partial charge is 0.306 e. The number of nitrogens with one attached hydrogen (secondary N) is 1. The van der Waals surface area contributed by atoms with Crippen LogP contribution in [-0.2, 0) is 19.1 Å². The average Bonchev–Trinajstić information content (AvgIpc) is 3.56. The number of hydrogen-bond acceptors (Lipinski definition) is 5. The maximum absolute atomic E-state index is 13.5. The zero-order valence-corrected chi connectivity index (χ0v) is 23.4. The number of amides is 3. The minimum absolute atomic E-state index is 0.0212. The maximum Gasteiger partial charge on any atom is 0.306 e. The molecular weight excluding hydrogens is 496 g/mol. The number of ether oxygens (including phenoxy) is 1. The third-order valence-corrected chi connectivity index (χ3v) is 7.61. The molecule has 3 amide bonds. The molecule has 4 rings (SSSR count). The van der Waals surface area contributed by atoms with Gasteiger partial charge in [-0.05, 0) is 76.1 Å². The monoisotopic (exact) mass is 536 g/mol.